The Morgan fingerprint density at radius 3 is 2.03 bits per heavy atom. The third kappa shape index (κ3) is 8.50. The van der Waals surface area contributed by atoms with Gasteiger partial charge in [0, 0.05) is 23.1 Å². The zero-order valence-electron chi connectivity index (χ0n) is 19.1. The molecular formula is C25H30N2O6. The molecule has 33 heavy (non-hydrogen) atoms. The molecule has 8 heteroatoms. The molecule has 1 amide bonds. The monoisotopic (exact) mass is 454 g/mol. The van der Waals surface area contributed by atoms with Crippen LogP contribution in [-0.4, -0.2) is 35.3 Å². The van der Waals surface area contributed by atoms with E-state index < -0.39 is 23.5 Å². The van der Waals surface area contributed by atoms with E-state index in [9.17, 15) is 19.2 Å². The number of nitrogens with one attached hydrogen (secondary N) is 1. The highest BCUT2D eigenvalue weighted by Gasteiger charge is 2.23. The zero-order chi connectivity index (χ0) is 24.4. The van der Waals surface area contributed by atoms with Crippen LogP contribution in [0.5, 0.6) is 0 Å². The zero-order valence-corrected chi connectivity index (χ0v) is 19.1. The number of rotatable bonds is 10. The number of carbonyl (C=O) groups excluding carboxylic acids is 4. The van der Waals surface area contributed by atoms with Crippen LogP contribution in [0.15, 0.2) is 54.6 Å². The first kappa shape index (κ1) is 25.7. The van der Waals surface area contributed by atoms with Crippen molar-refractivity contribution in [1.82, 2.24) is 5.32 Å². The first-order valence-corrected chi connectivity index (χ1v) is 10.7. The summed E-state index contributed by atoms with van der Waals surface area (Å²) < 4.78 is 5.25. The molecule has 1 atom stereocenters. The van der Waals surface area contributed by atoms with E-state index >= 15 is 0 Å². The fourth-order valence-electron chi connectivity index (χ4n) is 3.11. The normalized spacial score (nSPS) is 11.9. The predicted octanol–water partition coefficient (Wildman–Crippen LogP) is 3.34. The van der Waals surface area contributed by atoms with Crippen LogP contribution in [-0.2, 0) is 19.2 Å². The molecule has 0 bridgehead atoms. The van der Waals surface area contributed by atoms with Crippen molar-refractivity contribution < 1.29 is 28.8 Å². The fraction of sp³-hybridized carbons (Fsp3) is 0.360. The van der Waals surface area contributed by atoms with E-state index in [2.05, 4.69) is 10.2 Å². The number of hydrogen-bond donors (Lipinski definition) is 2. The fourth-order valence-corrected chi connectivity index (χ4v) is 3.11. The Kier molecular flexibility index (Phi) is 9.30. The second kappa shape index (κ2) is 11.9. The highest BCUT2D eigenvalue weighted by atomic mass is 16.7. The van der Waals surface area contributed by atoms with Gasteiger partial charge in [-0.05, 0) is 45.7 Å². The number of hydrogen-bond acceptors (Lipinski definition) is 7. The minimum Gasteiger partial charge on any atom is -0.460 e. The largest absolute Gasteiger partial charge is 0.460 e. The van der Waals surface area contributed by atoms with Crippen molar-refractivity contribution in [3.8, 4) is 0 Å². The third-order valence-electron chi connectivity index (χ3n) is 4.69. The van der Waals surface area contributed by atoms with Crippen LogP contribution in [0.2, 0.25) is 0 Å². The van der Waals surface area contributed by atoms with Crippen LogP contribution in [0.1, 0.15) is 72.7 Å². The molecule has 176 valence electrons. The number of amides is 1. The van der Waals surface area contributed by atoms with Gasteiger partial charge in [0.05, 0.1) is 0 Å². The van der Waals surface area contributed by atoms with Crippen LogP contribution >= 0.6 is 0 Å². The highest BCUT2D eigenvalue weighted by Crippen LogP contribution is 2.14. The number of nitrogens with two attached hydrogens (primary N) is 1. The molecule has 3 N–H and O–H groups in total. The molecule has 0 spiro atoms. The summed E-state index contributed by atoms with van der Waals surface area (Å²) in [4.78, 5) is 53.2. The van der Waals surface area contributed by atoms with Crippen molar-refractivity contribution in [3.63, 3.8) is 0 Å². The molecule has 0 aromatic heterocycles. The van der Waals surface area contributed by atoms with Gasteiger partial charge in [-0.15, -0.1) is 0 Å². The first-order chi connectivity index (χ1) is 15.6. The SMILES string of the molecule is CC(C)(C)OC(=O)CCCC[C@H](NC(=O)c1ccc(C(=O)c2ccccc2)cc1)C(=O)ON. The molecule has 0 unspecified atom stereocenters. The Morgan fingerprint density at radius 2 is 1.45 bits per heavy atom. The Bertz CT molecular complexity index is 965. The minimum absolute atomic E-state index is 0.155. The van der Waals surface area contributed by atoms with Gasteiger partial charge in [0.15, 0.2) is 5.78 Å². The van der Waals surface area contributed by atoms with E-state index in [1.165, 1.54) is 12.1 Å². The Balaban J connectivity index is 1.93. The smallest absolute Gasteiger partial charge is 0.347 e. The van der Waals surface area contributed by atoms with Crippen molar-refractivity contribution in [3.05, 3.63) is 71.3 Å². The van der Waals surface area contributed by atoms with E-state index in [-0.39, 0.29) is 30.2 Å². The van der Waals surface area contributed by atoms with Gasteiger partial charge in [0.25, 0.3) is 5.91 Å². The lowest BCUT2D eigenvalue weighted by Crippen LogP contribution is -2.42. The molecule has 0 saturated carbocycles. The molecule has 0 heterocycles. The third-order valence-corrected chi connectivity index (χ3v) is 4.69. The lowest BCUT2D eigenvalue weighted by molar-refractivity contribution is -0.154. The van der Waals surface area contributed by atoms with Crippen LogP contribution in [0.3, 0.4) is 0 Å². The van der Waals surface area contributed by atoms with Gasteiger partial charge >= 0.3 is 11.9 Å². The number of esters is 1. The maximum atomic E-state index is 12.6. The molecule has 0 aliphatic rings. The van der Waals surface area contributed by atoms with Crippen LogP contribution < -0.4 is 11.2 Å². The molecule has 8 nitrogen and oxygen atoms in total. The Labute approximate surface area is 193 Å². The van der Waals surface area contributed by atoms with Gasteiger partial charge < -0.3 is 14.9 Å². The molecule has 2 aromatic rings. The molecule has 0 aliphatic heterocycles. The van der Waals surface area contributed by atoms with Crippen molar-refractivity contribution in [1.29, 1.82) is 0 Å². The average Bonchev–Trinajstić information content (AvgIpc) is 2.79. The second-order valence-electron chi connectivity index (χ2n) is 8.57. The van der Waals surface area contributed by atoms with Gasteiger partial charge in [-0.1, -0.05) is 48.9 Å². The summed E-state index contributed by atoms with van der Waals surface area (Å²) in [6.45, 7) is 5.37. The van der Waals surface area contributed by atoms with Crippen molar-refractivity contribution in [2.75, 3.05) is 0 Å². The van der Waals surface area contributed by atoms with Crippen LogP contribution in [0, 0.1) is 0 Å². The molecule has 0 saturated heterocycles. The van der Waals surface area contributed by atoms with Gasteiger partial charge in [-0.25, -0.2) is 4.79 Å². The summed E-state index contributed by atoms with van der Waals surface area (Å²) in [5.74, 6) is 3.24. The van der Waals surface area contributed by atoms with Gasteiger partial charge in [0.2, 0.25) is 0 Å². The standard InChI is InChI=1S/C25H30N2O6/c1-25(2,3)32-21(28)12-8-7-11-20(24(31)33-26)27-23(30)19-15-13-18(14-16-19)22(29)17-9-5-4-6-10-17/h4-6,9-10,13-16,20H,7-8,11-12,26H2,1-3H3,(H,27,30)/t20-/m0/s1. The van der Waals surface area contributed by atoms with E-state index in [0.29, 0.717) is 24.0 Å². The minimum atomic E-state index is -0.966. The average molecular weight is 455 g/mol. The summed E-state index contributed by atoms with van der Waals surface area (Å²) in [5, 5.41) is 2.60. The maximum Gasteiger partial charge on any atom is 0.347 e. The van der Waals surface area contributed by atoms with Crippen LogP contribution in [0.25, 0.3) is 0 Å². The topological polar surface area (TPSA) is 125 Å². The molecule has 2 aromatic carbocycles. The van der Waals surface area contributed by atoms with Crippen molar-refractivity contribution in [2.24, 2.45) is 5.90 Å². The van der Waals surface area contributed by atoms with Gasteiger partial charge in [0.1, 0.15) is 11.6 Å². The summed E-state index contributed by atoms with van der Waals surface area (Å²) in [6, 6.07) is 14.0. The summed E-state index contributed by atoms with van der Waals surface area (Å²) in [6.07, 6.45) is 1.40. The lowest BCUT2D eigenvalue weighted by Gasteiger charge is -2.19. The molecule has 0 radical (unpaired) electrons. The Hall–Kier alpha value is -3.52. The van der Waals surface area contributed by atoms with Crippen molar-refractivity contribution >= 4 is 23.6 Å². The first-order valence-electron chi connectivity index (χ1n) is 10.7. The number of ketones is 1. The van der Waals surface area contributed by atoms with E-state index in [1.807, 2.05) is 6.07 Å². The van der Waals surface area contributed by atoms with E-state index in [0.717, 1.165) is 0 Å². The maximum absolute atomic E-state index is 12.6. The molecular weight excluding hydrogens is 424 g/mol. The number of benzene rings is 2. The van der Waals surface area contributed by atoms with E-state index in [1.54, 1.807) is 57.2 Å². The highest BCUT2D eigenvalue weighted by molar-refractivity contribution is 6.09. The second-order valence-corrected chi connectivity index (χ2v) is 8.57. The van der Waals surface area contributed by atoms with Gasteiger partial charge in [-0.2, -0.15) is 5.90 Å². The lowest BCUT2D eigenvalue weighted by atomic mass is 10.0. The summed E-state index contributed by atoms with van der Waals surface area (Å²) in [7, 11) is 0. The quantitative estimate of drug-likeness (QED) is 0.244. The summed E-state index contributed by atoms with van der Waals surface area (Å²) in [5.41, 5.74) is 0.714. The summed E-state index contributed by atoms with van der Waals surface area (Å²) >= 11 is 0. The van der Waals surface area contributed by atoms with Gasteiger partial charge in [-0.3, -0.25) is 14.4 Å². The molecule has 2 rings (SSSR count). The Morgan fingerprint density at radius 1 is 0.879 bits per heavy atom. The van der Waals surface area contributed by atoms with E-state index in [4.69, 9.17) is 10.6 Å². The number of carbonyl (C=O) groups is 4. The number of ether oxygens (including phenoxy) is 1. The molecule has 0 aliphatic carbocycles. The predicted molar refractivity (Wildman–Crippen MR) is 122 cm³/mol. The van der Waals surface area contributed by atoms with Crippen LogP contribution in [0.4, 0.5) is 0 Å². The van der Waals surface area contributed by atoms with Crippen molar-refractivity contribution in [2.45, 2.75) is 58.1 Å². The molecule has 0 fully saturated rings. The number of unbranched alkanes of at least 4 members (excludes halogenated alkanes) is 1.